The van der Waals surface area contributed by atoms with Crippen LogP contribution in [0.15, 0.2) is 16.6 Å². The molecule has 2 N–H and O–H groups in total. The predicted octanol–water partition coefficient (Wildman–Crippen LogP) is 2.79. The lowest BCUT2D eigenvalue weighted by atomic mass is 10.1. The van der Waals surface area contributed by atoms with Crippen LogP contribution in [0.5, 0.6) is 5.75 Å². The topological polar surface area (TPSA) is 35.2 Å². The third-order valence-electron chi connectivity index (χ3n) is 1.91. The standard InChI is InChI=1S/C10H14BrNO/c1-6-4-8(7(2)12)10(13-3)9(11)5-6/h4-5,7H,12H2,1-3H3. The third kappa shape index (κ3) is 2.23. The molecule has 1 unspecified atom stereocenters. The highest BCUT2D eigenvalue weighted by atomic mass is 79.9. The van der Waals surface area contributed by atoms with Gasteiger partial charge in [0.05, 0.1) is 11.6 Å². The zero-order valence-electron chi connectivity index (χ0n) is 8.10. The smallest absolute Gasteiger partial charge is 0.137 e. The average Bonchev–Trinajstić information content (AvgIpc) is 2.02. The molecule has 0 heterocycles. The molecule has 0 aliphatic heterocycles. The highest BCUT2D eigenvalue weighted by Gasteiger charge is 2.11. The van der Waals surface area contributed by atoms with Gasteiger partial charge < -0.3 is 10.5 Å². The Bertz CT molecular complexity index is 310. The third-order valence-corrected chi connectivity index (χ3v) is 2.50. The molecule has 72 valence electrons. The van der Waals surface area contributed by atoms with Crippen LogP contribution in [-0.2, 0) is 0 Å². The molecule has 2 nitrogen and oxygen atoms in total. The molecule has 0 amide bonds. The fraction of sp³-hybridized carbons (Fsp3) is 0.400. The lowest BCUT2D eigenvalue weighted by Crippen LogP contribution is -2.07. The van der Waals surface area contributed by atoms with E-state index in [4.69, 9.17) is 10.5 Å². The Morgan fingerprint density at radius 1 is 1.46 bits per heavy atom. The quantitative estimate of drug-likeness (QED) is 0.868. The minimum absolute atomic E-state index is 0.00819. The highest BCUT2D eigenvalue weighted by Crippen LogP contribution is 2.33. The number of ether oxygens (including phenoxy) is 1. The second kappa shape index (κ2) is 4.11. The first-order valence-corrected chi connectivity index (χ1v) is 4.95. The minimum atomic E-state index is -0.00819. The number of hydrogen-bond donors (Lipinski definition) is 1. The molecule has 0 radical (unpaired) electrons. The molecule has 0 aliphatic rings. The number of nitrogens with two attached hydrogens (primary N) is 1. The lowest BCUT2D eigenvalue weighted by Gasteiger charge is -2.14. The van der Waals surface area contributed by atoms with Gasteiger partial charge >= 0.3 is 0 Å². The Labute approximate surface area is 87.2 Å². The van der Waals surface area contributed by atoms with Crippen molar-refractivity contribution in [2.24, 2.45) is 5.73 Å². The van der Waals surface area contributed by atoms with E-state index in [0.29, 0.717) is 0 Å². The first kappa shape index (κ1) is 10.5. The summed E-state index contributed by atoms with van der Waals surface area (Å²) in [5.74, 6) is 0.834. The van der Waals surface area contributed by atoms with Gasteiger partial charge in [-0.3, -0.25) is 0 Å². The van der Waals surface area contributed by atoms with E-state index in [-0.39, 0.29) is 6.04 Å². The van der Waals surface area contributed by atoms with E-state index in [2.05, 4.69) is 15.9 Å². The van der Waals surface area contributed by atoms with Crippen LogP contribution in [0.25, 0.3) is 0 Å². The van der Waals surface area contributed by atoms with Gasteiger partial charge in [0, 0.05) is 11.6 Å². The minimum Gasteiger partial charge on any atom is -0.495 e. The van der Waals surface area contributed by atoms with Gasteiger partial charge in [-0.1, -0.05) is 6.07 Å². The van der Waals surface area contributed by atoms with Gasteiger partial charge in [-0.25, -0.2) is 0 Å². The number of halogens is 1. The zero-order valence-corrected chi connectivity index (χ0v) is 9.68. The van der Waals surface area contributed by atoms with Crippen LogP contribution >= 0.6 is 15.9 Å². The normalized spacial score (nSPS) is 12.7. The van der Waals surface area contributed by atoms with Crippen LogP contribution in [0, 0.1) is 6.92 Å². The number of methoxy groups -OCH3 is 1. The van der Waals surface area contributed by atoms with Crippen molar-refractivity contribution in [3.63, 3.8) is 0 Å². The molecular formula is C10H14BrNO. The first-order valence-electron chi connectivity index (χ1n) is 4.16. The average molecular weight is 244 g/mol. The van der Waals surface area contributed by atoms with Crippen molar-refractivity contribution >= 4 is 15.9 Å². The zero-order chi connectivity index (χ0) is 10.0. The molecule has 13 heavy (non-hydrogen) atoms. The van der Waals surface area contributed by atoms with E-state index in [1.54, 1.807) is 7.11 Å². The number of rotatable bonds is 2. The fourth-order valence-electron chi connectivity index (χ4n) is 1.31. The van der Waals surface area contributed by atoms with E-state index < -0.39 is 0 Å². The Morgan fingerprint density at radius 3 is 2.54 bits per heavy atom. The largest absolute Gasteiger partial charge is 0.495 e. The Hall–Kier alpha value is -0.540. The molecule has 1 aromatic carbocycles. The fourth-order valence-corrected chi connectivity index (χ4v) is 2.06. The number of hydrogen-bond acceptors (Lipinski definition) is 2. The van der Waals surface area contributed by atoms with Gasteiger partial charge in [0.1, 0.15) is 5.75 Å². The summed E-state index contributed by atoms with van der Waals surface area (Å²) in [6, 6.07) is 4.06. The van der Waals surface area contributed by atoms with Crippen molar-refractivity contribution in [1.82, 2.24) is 0 Å². The molecular weight excluding hydrogens is 230 g/mol. The van der Waals surface area contributed by atoms with E-state index in [1.165, 1.54) is 5.56 Å². The molecule has 0 fully saturated rings. The van der Waals surface area contributed by atoms with Crippen molar-refractivity contribution < 1.29 is 4.74 Å². The summed E-state index contributed by atoms with van der Waals surface area (Å²) < 4.78 is 6.23. The van der Waals surface area contributed by atoms with Crippen LogP contribution in [0.2, 0.25) is 0 Å². The molecule has 0 spiro atoms. The molecule has 0 saturated carbocycles. The summed E-state index contributed by atoms with van der Waals surface area (Å²) in [5.41, 5.74) is 8.04. The van der Waals surface area contributed by atoms with E-state index in [1.807, 2.05) is 26.0 Å². The monoisotopic (exact) mass is 243 g/mol. The van der Waals surface area contributed by atoms with Crippen molar-refractivity contribution in [2.75, 3.05) is 7.11 Å². The molecule has 0 aromatic heterocycles. The van der Waals surface area contributed by atoms with Crippen molar-refractivity contribution in [3.8, 4) is 5.75 Å². The molecule has 1 aromatic rings. The van der Waals surface area contributed by atoms with E-state index in [9.17, 15) is 0 Å². The SMILES string of the molecule is COc1c(Br)cc(C)cc1C(C)N. The van der Waals surface area contributed by atoms with Crippen LogP contribution in [0.1, 0.15) is 24.1 Å². The molecule has 1 rings (SSSR count). The molecule has 0 aliphatic carbocycles. The van der Waals surface area contributed by atoms with Gasteiger partial charge in [0.25, 0.3) is 0 Å². The summed E-state index contributed by atoms with van der Waals surface area (Å²) in [5, 5.41) is 0. The van der Waals surface area contributed by atoms with Gasteiger partial charge in [-0.15, -0.1) is 0 Å². The van der Waals surface area contributed by atoms with Crippen molar-refractivity contribution in [1.29, 1.82) is 0 Å². The first-order chi connectivity index (χ1) is 6.06. The van der Waals surface area contributed by atoms with Gasteiger partial charge in [-0.2, -0.15) is 0 Å². The summed E-state index contributed by atoms with van der Waals surface area (Å²) in [4.78, 5) is 0. The van der Waals surface area contributed by atoms with Crippen molar-refractivity contribution in [3.05, 3.63) is 27.7 Å². The van der Waals surface area contributed by atoms with Crippen molar-refractivity contribution in [2.45, 2.75) is 19.9 Å². The maximum Gasteiger partial charge on any atom is 0.137 e. The van der Waals surface area contributed by atoms with Gasteiger partial charge in [0.2, 0.25) is 0 Å². The summed E-state index contributed by atoms with van der Waals surface area (Å²) in [7, 11) is 1.65. The van der Waals surface area contributed by atoms with E-state index >= 15 is 0 Å². The van der Waals surface area contributed by atoms with E-state index in [0.717, 1.165) is 15.8 Å². The maximum absolute atomic E-state index is 5.83. The van der Waals surface area contributed by atoms with Gasteiger partial charge in [-0.05, 0) is 41.4 Å². The van der Waals surface area contributed by atoms with Gasteiger partial charge in [0.15, 0.2) is 0 Å². The van der Waals surface area contributed by atoms with Crippen LogP contribution in [0.3, 0.4) is 0 Å². The summed E-state index contributed by atoms with van der Waals surface area (Å²) >= 11 is 3.45. The Kier molecular flexibility index (Phi) is 3.33. The van der Waals surface area contributed by atoms with Crippen LogP contribution in [0.4, 0.5) is 0 Å². The molecule has 3 heteroatoms. The lowest BCUT2D eigenvalue weighted by molar-refractivity contribution is 0.404. The predicted molar refractivity (Wildman–Crippen MR) is 58.0 cm³/mol. The summed E-state index contributed by atoms with van der Waals surface area (Å²) in [6.45, 7) is 3.99. The number of benzene rings is 1. The maximum atomic E-state index is 5.83. The van der Waals surface area contributed by atoms with Crippen LogP contribution < -0.4 is 10.5 Å². The second-order valence-electron chi connectivity index (χ2n) is 3.16. The summed E-state index contributed by atoms with van der Waals surface area (Å²) in [6.07, 6.45) is 0. The van der Waals surface area contributed by atoms with Crippen LogP contribution in [-0.4, -0.2) is 7.11 Å². The second-order valence-corrected chi connectivity index (χ2v) is 4.01. The number of aryl methyl sites for hydroxylation is 1. The Morgan fingerprint density at radius 2 is 2.08 bits per heavy atom. The molecule has 0 saturated heterocycles. The molecule has 1 atom stereocenters. The Balaban J connectivity index is 3.29. The highest BCUT2D eigenvalue weighted by molar-refractivity contribution is 9.10. The molecule has 0 bridgehead atoms.